The summed E-state index contributed by atoms with van der Waals surface area (Å²) in [5.41, 5.74) is 1.17. The maximum atomic E-state index is 12.1. The number of carbonyl (C=O) groups is 1. The Bertz CT molecular complexity index is 659. The highest BCUT2D eigenvalue weighted by Gasteiger charge is 2.24. The van der Waals surface area contributed by atoms with Crippen molar-refractivity contribution in [2.45, 2.75) is 38.3 Å². The first kappa shape index (κ1) is 16.9. The molecular formula is C18H23N3O2S. The van der Waals surface area contributed by atoms with Gasteiger partial charge in [0.2, 0.25) is 0 Å². The fourth-order valence-electron chi connectivity index (χ4n) is 2.86. The summed E-state index contributed by atoms with van der Waals surface area (Å²) in [6.45, 7) is 3.31. The zero-order valence-electron chi connectivity index (χ0n) is 13.8. The Hall–Kier alpha value is -1.92. The van der Waals surface area contributed by atoms with Crippen LogP contribution in [0.4, 0.5) is 4.79 Å². The van der Waals surface area contributed by atoms with Crippen molar-refractivity contribution in [3.63, 3.8) is 0 Å². The molecule has 3 rings (SSSR count). The van der Waals surface area contributed by atoms with E-state index in [1.165, 1.54) is 10.4 Å². The molecule has 2 amide bonds. The number of urea groups is 1. The molecule has 1 fully saturated rings. The summed E-state index contributed by atoms with van der Waals surface area (Å²) in [5.74, 6) is 0. The smallest absolute Gasteiger partial charge is 0.315 e. The molecule has 2 heterocycles. The Kier molecular flexibility index (Phi) is 5.82. The van der Waals surface area contributed by atoms with Gasteiger partial charge in [0.05, 0.1) is 11.1 Å². The normalized spacial score (nSPS) is 20.5. The maximum Gasteiger partial charge on any atom is 0.315 e. The molecule has 0 aliphatic carbocycles. The lowest BCUT2D eigenvalue weighted by atomic mass is 9.97. The molecule has 128 valence electrons. The van der Waals surface area contributed by atoms with Crippen LogP contribution in [0.2, 0.25) is 0 Å². The second kappa shape index (κ2) is 8.26. The highest BCUT2D eigenvalue weighted by molar-refractivity contribution is 7.11. The fraction of sp³-hybridized carbons (Fsp3) is 0.444. The van der Waals surface area contributed by atoms with E-state index >= 15 is 0 Å². The highest BCUT2D eigenvalue weighted by atomic mass is 32.1. The average molecular weight is 345 g/mol. The average Bonchev–Trinajstić information content (AvgIpc) is 3.01. The Labute approximate surface area is 146 Å². The van der Waals surface area contributed by atoms with Gasteiger partial charge >= 0.3 is 6.03 Å². The summed E-state index contributed by atoms with van der Waals surface area (Å²) < 4.78 is 5.84. The zero-order valence-corrected chi connectivity index (χ0v) is 14.6. The van der Waals surface area contributed by atoms with Crippen LogP contribution in [0.15, 0.2) is 36.5 Å². The van der Waals surface area contributed by atoms with Gasteiger partial charge in [0.25, 0.3) is 0 Å². The van der Waals surface area contributed by atoms with Gasteiger partial charge in [-0.3, -0.25) is 0 Å². The first-order chi connectivity index (χ1) is 11.7. The molecule has 0 saturated carbocycles. The van der Waals surface area contributed by atoms with Gasteiger partial charge in [0.1, 0.15) is 0 Å². The van der Waals surface area contributed by atoms with Crippen molar-refractivity contribution in [3.05, 3.63) is 52.0 Å². The first-order valence-corrected chi connectivity index (χ1v) is 9.14. The van der Waals surface area contributed by atoms with E-state index < -0.39 is 0 Å². The minimum absolute atomic E-state index is 0.0588. The summed E-state index contributed by atoms with van der Waals surface area (Å²) >= 11 is 1.67. The third-order valence-electron chi connectivity index (χ3n) is 4.08. The minimum Gasteiger partial charge on any atom is -0.373 e. The van der Waals surface area contributed by atoms with Gasteiger partial charge in [0.15, 0.2) is 0 Å². The highest BCUT2D eigenvalue weighted by Crippen LogP contribution is 2.27. The lowest BCUT2D eigenvalue weighted by molar-refractivity contribution is 0.00227. The van der Waals surface area contributed by atoms with Crippen LogP contribution in [0.5, 0.6) is 0 Å². The van der Waals surface area contributed by atoms with Crippen molar-refractivity contribution in [2.24, 2.45) is 0 Å². The summed E-state index contributed by atoms with van der Waals surface area (Å²) in [6, 6.07) is 10.2. The molecule has 6 heteroatoms. The molecule has 2 N–H and O–H groups in total. The Morgan fingerprint density at radius 1 is 1.38 bits per heavy atom. The van der Waals surface area contributed by atoms with E-state index in [9.17, 15) is 4.79 Å². The van der Waals surface area contributed by atoms with E-state index in [1.807, 2.05) is 31.3 Å². The lowest BCUT2D eigenvalue weighted by Crippen LogP contribution is -2.45. The predicted octanol–water partition coefficient (Wildman–Crippen LogP) is 3.21. The molecule has 2 aromatic rings. The number of hydrogen-bond donors (Lipinski definition) is 2. The van der Waals surface area contributed by atoms with Gasteiger partial charge < -0.3 is 15.4 Å². The monoisotopic (exact) mass is 345 g/mol. The Balaban J connectivity index is 1.42. The molecule has 2 atom stereocenters. The zero-order chi connectivity index (χ0) is 16.8. The molecular weight excluding hydrogens is 322 g/mol. The van der Waals surface area contributed by atoms with Crippen LogP contribution in [0.3, 0.4) is 0 Å². The van der Waals surface area contributed by atoms with E-state index in [1.54, 1.807) is 11.3 Å². The van der Waals surface area contributed by atoms with Crippen LogP contribution < -0.4 is 10.6 Å². The third kappa shape index (κ3) is 4.79. The van der Waals surface area contributed by atoms with E-state index in [2.05, 4.69) is 27.8 Å². The molecule has 1 aliphatic rings. The molecule has 0 unspecified atom stereocenters. The number of thiazole rings is 1. The number of benzene rings is 1. The predicted molar refractivity (Wildman–Crippen MR) is 95.2 cm³/mol. The SMILES string of the molecule is Cc1cnc(CCNC(=O)N[C@@H]2CCO[C@H](c3ccccc3)C2)s1. The van der Waals surface area contributed by atoms with Crippen LogP contribution >= 0.6 is 11.3 Å². The Morgan fingerprint density at radius 2 is 2.21 bits per heavy atom. The molecule has 0 bridgehead atoms. The molecule has 1 aliphatic heterocycles. The number of hydrogen-bond acceptors (Lipinski definition) is 4. The van der Waals surface area contributed by atoms with Crippen molar-refractivity contribution in [1.29, 1.82) is 0 Å². The van der Waals surface area contributed by atoms with Gasteiger partial charge in [-0.15, -0.1) is 11.3 Å². The summed E-state index contributed by atoms with van der Waals surface area (Å²) in [6.07, 6.45) is 4.35. The standard InChI is InChI=1S/C18H23N3O2S/c1-13-12-20-17(24-13)7-9-19-18(22)21-15-8-10-23-16(11-15)14-5-3-2-4-6-14/h2-6,12,15-16H,7-11H2,1H3,(H2,19,21,22)/t15-,16+/m1/s1. The third-order valence-corrected chi connectivity index (χ3v) is 5.06. The lowest BCUT2D eigenvalue weighted by Gasteiger charge is -2.30. The second-order valence-electron chi connectivity index (χ2n) is 6.01. The Morgan fingerprint density at radius 3 is 2.96 bits per heavy atom. The van der Waals surface area contributed by atoms with E-state index in [0.29, 0.717) is 13.2 Å². The largest absolute Gasteiger partial charge is 0.373 e. The molecule has 0 spiro atoms. The van der Waals surface area contributed by atoms with E-state index in [4.69, 9.17) is 4.74 Å². The number of nitrogens with zero attached hydrogens (tertiary/aromatic N) is 1. The van der Waals surface area contributed by atoms with Crippen LogP contribution in [-0.4, -0.2) is 30.2 Å². The maximum absolute atomic E-state index is 12.1. The quantitative estimate of drug-likeness (QED) is 0.875. The molecule has 1 saturated heterocycles. The number of rotatable bonds is 5. The molecule has 1 aromatic carbocycles. The number of carbonyl (C=O) groups excluding carboxylic acids is 1. The molecule has 0 radical (unpaired) electrons. The second-order valence-corrected chi connectivity index (χ2v) is 7.33. The van der Waals surface area contributed by atoms with Gasteiger partial charge in [-0.1, -0.05) is 30.3 Å². The van der Waals surface area contributed by atoms with Gasteiger partial charge in [0, 0.05) is 36.7 Å². The molecule has 24 heavy (non-hydrogen) atoms. The van der Waals surface area contributed by atoms with Crippen molar-refractivity contribution >= 4 is 17.4 Å². The van der Waals surface area contributed by atoms with Crippen molar-refractivity contribution in [2.75, 3.05) is 13.2 Å². The van der Waals surface area contributed by atoms with E-state index in [0.717, 1.165) is 24.3 Å². The first-order valence-electron chi connectivity index (χ1n) is 8.33. The van der Waals surface area contributed by atoms with Crippen molar-refractivity contribution in [1.82, 2.24) is 15.6 Å². The fourth-order valence-corrected chi connectivity index (χ4v) is 3.65. The van der Waals surface area contributed by atoms with Gasteiger partial charge in [-0.2, -0.15) is 0 Å². The number of nitrogens with one attached hydrogen (secondary N) is 2. The number of aryl methyl sites for hydroxylation is 1. The topological polar surface area (TPSA) is 63.2 Å². The van der Waals surface area contributed by atoms with E-state index in [-0.39, 0.29) is 18.2 Å². The van der Waals surface area contributed by atoms with Crippen LogP contribution in [0.25, 0.3) is 0 Å². The van der Waals surface area contributed by atoms with Crippen molar-refractivity contribution < 1.29 is 9.53 Å². The van der Waals surface area contributed by atoms with Gasteiger partial charge in [-0.25, -0.2) is 9.78 Å². The van der Waals surface area contributed by atoms with Crippen LogP contribution in [0.1, 0.15) is 34.4 Å². The molecule has 5 nitrogen and oxygen atoms in total. The van der Waals surface area contributed by atoms with Crippen LogP contribution in [0, 0.1) is 6.92 Å². The minimum atomic E-state index is -0.109. The number of aromatic nitrogens is 1. The number of ether oxygens (including phenoxy) is 1. The number of amides is 2. The summed E-state index contributed by atoms with van der Waals surface area (Å²) in [5, 5.41) is 7.04. The summed E-state index contributed by atoms with van der Waals surface area (Å²) in [4.78, 5) is 17.6. The van der Waals surface area contributed by atoms with Gasteiger partial charge in [-0.05, 0) is 25.3 Å². The summed E-state index contributed by atoms with van der Waals surface area (Å²) in [7, 11) is 0. The van der Waals surface area contributed by atoms with Crippen LogP contribution in [-0.2, 0) is 11.2 Å². The van der Waals surface area contributed by atoms with Crippen molar-refractivity contribution in [3.8, 4) is 0 Å². The molecule has 1 aromatic heterocycles.